The van der Waals surface area contributed by atoms with Crippen molar-refractivity contribution < 1.29 is 0 Å². The number of rotatable bonds is 24. The molecule has 8 aromatic heterocycles. The first-order valence-corrected chi connectivity index (χ1v) is 32.3. The van der Waals surface area contributed by atoms with Gasteiger partial charge in [-0.25, -0.2) is 0 Å². The van der Waals surface area contributed by atoms with Gasteiger partial charge in [-0.15, -0.1) is 0 Å². The van der Waals surface area contributed by atoms with Crippen LogP contribution in [0, 0.1) is 0 Å². The number of aromatic nitrogens is 8. The van der Waals surface area contributed by atoms with E-state index < -0.39 is 0 Å². The lowest BCUT2D eigenvalue weighted by Crippen LogP contribution is -2.18. The second kappa shape index (κ2) is 24.4. The Hall–Kier alpha value is -7.06. The summed E-state index contributed by atoms with van der Waals surface area (Å²) in [5, 5.41) is 2.45. The molecule has 8 nitrogen and oxygen atoms in total. The molecule has 432 valence electrons. The van der Waals surface area contributed by atoms with Gasteiger partial charge in [-0.1, -0.05) is 111 Å². The third-order valence-electron chi connectivity index (χ3n) is 18.7. The zero-order valence-corrected chi connectivity index (χ0v) is 53.1. The lowest BCUT2D eigenvalue weighted by Gasteiger charge is -2.31. The van der Waals surface area contributed by atoms with Gasteiger partial charge in [-0.3, -0.25) is 0 Å². The van der Waals surface area contributed by atoms with Crippen molar-refractivity contribution in [2.24, 2.45) is 0 Å². The molecule has 10 aromatic rings. The van der Waals surface area contributed by atoms with E-state index in [-0.39, 0.29) is 0 Å². The van der Waals surface area contributed by atoms with Crippen molar-refractivity contribution in [1.29, 1.82) is 0 Å². The Labute approximate surface area is 492 Å². The van der Waals surface area contributed by atoms with Gasteiger partial charge in [-0.2, -0.15) is 0 Å². The Kier molecular flexibility index (Phi) is 17.3. The molecule has 0 radical (unpaired) electrons. The fourth-order valence-electron chi connectivity index (χ4n) is 14.0. The van der Waals surface area contributed by atoms with E-state index in [1.54, 1.807) is 0 Å². The third-order valence-corrected chi connectivity index (χ3v) is 18.7. The van der Waals surface area contributed by atoms with Gasteiger partial charge in [0.1, 0.15) is 0 Å². The van der Waals surface area contributed by atoms with Crippen LogP contribution in [-0.4, -0.2) is 36.5 Å². The molecule has 0 saturated heterocycles. The average molecular weight is 1100 g/mol. The minimum Gasteiger partial charge on any atom is -0.321 e. The summed E-state index contributed by atoms with van der Waals surface area (Å²) in [7, 11) is 0. The lowest BCUT2D eigenvalue weighted by molar-refractivity contribution is 0.915. The average Bonchev–Trinajstić information content (AvgIpc) is 1.45. The highest BCUT2D eigenvalue weighted by Crippen LogP contribution is 2.52. The first kappa shape index (κ1) is 58.1. The maximum Gasteiger partial charge on any atom is 0.0965 e. The zero-order chi connectivity index (χ0) is 58.3. The van der Waals surface area contributed by atoms with Gasteiger partial charge in [0.2, 0.25) is 0 Å². The molecule has 0 saturated carbocycles. The van der Waals surface area contributed by atoms with Crippen LogP contribution in [0.25, 0.3) is 56.3 Å². The Morgan fingerprint density at radius 1 is 0.146 bits per heavy atom. The number of benzene rings is 2. The second-order valence-corrected chi connectivity index (χ2v) is 22.9. The van der Waals surface area contributed by atoms with Crippen LogP contribution in [0.4, 0.5) is 0 Å². The van der Waals surface area contributed by atoms with E-state index in [9.17, 15) is 0 Å². The fraction of sp³-hybridized carbons (Fsp3) is 0.432. The fourth-order valence-corrected chi connectivity index (χ4v) is 14.0. The van der Waals surface area contributed by atoms with Crippen molar-refractivity contribution in [1.82, 2.24) is 36.5 Å². The quantitative estimate of drug-likeness (QED) is 0.0579. The largest absolute Gasteiger partial charge is 0.321 e. The van der Waals surface area contributed by atoms with Crippen molar-refractivity contribution in [3.05, 3.63) is 188 Å². The normalized spacial score (nSPS) is 12.0. The molecular weight excluding hydrogens is 1000 g/mol. The van der Waals surface area contributed by atoms with Gasteiger partial charge < -0.3 is 36.5 Å². The van der Waals surface area contributed by atoms with E-state index >= 15 is 0 Å². The van der Waals surface area contributed by atoms with Crippen LogP contribution in [0.3, 0.4) is 0 Å². The van der Waals surface area contributed by atoms with Crippen LogP contribution in [0.5, 0.6) is 0 Å². The van der Waals surface area contributed by atoms with Crippen molar-refractivity contribution in [2.45, 2.75) is 214 Å². The third kappa shape index (κ3) is 9.73. The van der Waals surface area contributed by atoms with Crippen LogP contribution in [0.15, 0.2) is 99.1 Å². The molecule has 0 N–H and O–H groups in total. The van der Waals surface area contributed by atoms with E-state index in [0.717, 1.165) is 103 Å². The minimum atomic E-state index is 0.946. The predicted molar refractivity (Wildman–Crippen MR) is 349 cm³/mol. The molecule has 0 aliphatic rings. The molecule has 0 amide bonds. The number of aryl methyl sites for hydroxylation is 16. The Morgan fingerprint density at radius 3 is 0.317 bits per heavy atom. The van der Waals surface area contributed by atoms with Gasteiger partial charge >= 0.3 is 0 Å². The summed E-state index contributed by atoms with van der Waals surface area (Å²) in [4.78, 5) is 0. The lowest BCUT2D eigenvalue weighted by atomic mass is 9.94. The van der Waals surface area contributed by atoms with Crippen molar-refractivity contribution >= 4 is 10.8 Å². The molecule has 8 heteroatoms. The molecule has 0 spiro atoms. The van der Waals surface area contributed by atoms with Crippen LogP contribution in [0.1, 0.15) is 200 Å². The maximum absolute atomic E-state index is 2.59. The molecule has 0 aliphatic heterocycles. The molecule has 82 heavy (non-hydrogen) atoms. The highest BCUT2D eigenvalue weighted by molar-refractivity contribution is 6.16. The topological polar surface area (TPSA) is 39.4 Å². The SMILES string of the molecule is CCc1cn(-c2c(-n3cc(CC)c(CC)c3)c(-n3cc(CC)c(CC)c3)c3c(-n4cc(CC)c(CC)c4)c(-n4cc(CC)c(CC)c4)c(-n4cc(CC)c(CC)c4)c(-n4cc(CC)c(CC)c4)c3c2-n2cc(CC)c(CC)c2)cc1CC. The van der Waals surface area contributed by atoms with Gasteiger partial charge in [0, 0.05) is 110 Å². The van der Waals surface area contributed by atoms with E-state index in [0.29, 0.717) is 0 Å². The molecule has 2 aromatic carbocycles. The minimum absolute atomic E-state index is 0.946. The highest BCUT2D eigenvalue weighted by Gasteiger charge is 2.36. The molecule has 0 atom stereocenters. The summed E-state index contributed by atoms with van der Waals surface area (Å²) in [5.41, 5.74) is 31.7. The Balaban J connectivity index is 1.70. The van der Waals surface area contributed by atoms with Crippen molar-refractivity contribution in [2.75, 3.05) is 0 Å². The summed E-state index contributed by atoms with van der Waals surface area (Å²) < 4.78 is 20.6. The maximum atomic E-state index is 2.59. The van der Waals surface area contributed by atoms with E-state index in [4.69, 9.17) is 0 Å². The molecule has 0 fully saturated rings. The van der Waals surface area contributed by atoms with E-state index in [1.165, 1.54) is 145 Å². The van der Waals surface area contributed by atoms with Gasteiger partial charge in [0.15, 0.2) is 0 Å². The standard InChI is InChI=1S/C74H96N8/c1-17-49-33-75(34-50(49)18-2)67-65-66(69(77-37-53(21-5)54(22-6)38-77)72(80-43-59(27-11)60(28-12)44-80)71(67)79-41-57(25-9)58(26-10)42-79)70(78-39-55(23-7)56(24-8)40-78)74(82-47-63(31-15)64(32-16)48-82)73(81-45-61(29-13)62(30-14)46-81)68(65)76-35-51(19-3)52(20-4)36-76/h33-48H,17-32H2,1-16H3. The molecule has 10 rings (SSSR count). The van der Waals surface area contributed by atoms with Gasteiger partial charge in [0.05, 0.1) is 45.5 Å². The molecule has 0 unspecified atom stereocenters. The van der Waals surface area contributed by atoms with Gasteiger partial charge in [-0.05, 0) is 192 Å². The van der Waals surface area contributed by atoms with Crippen LogP contribution < -0.4 is 0 Å². The van der Waals surface area contributed by atoms with Crippen LogP contribution in [0.2, 0.25) is 0 Å². The van der Waals surface area contributed by atoms with E-state index in [1.807, 2.05) is 0 Å². The molecule has 0 aliphatic carbocycles. The zero-order valence-electron chi connectivity index (χ0n) is 53.1. The van der Waals surface area contributed by atoms with Crippen molar-refractivity contribution in [3.8, 4) is 45.5 Å². The second-order valence-electron chi connectivity index (χ2n) is 22.9. The number of hydrogen-bond donors (Lipinski definition) is 0. The monoisotopic (exact) mass is 1100 g/mol. The number of fused-ring (bicyclic) bond motifs is 1. The van der Waals surface area contributed by atoms with E-state index in [2.05, 4.69) is 246 Å². The molecule has 8 heterocycles. The number of nitrogens with zero attached hydrogens (tertiary/aromatic N) is 8. The highest BCUT2D eigenvalue weighted by atomic mass is 15.2. The summed E-state index contributed by atoms with van der Waals surface area (Å²) in [6, 6.07) is 0. The Bertz CT molecular complexity index is 3230. The van der Waals surface area contributed by atoms with Crippen molar-refractivity contribution in [3.63, 3.8) is 0 Å². The van der Waals surface area contributed by atoms with Crippen LogP contribution in [-0.2, 0) is 103 Å². The number of hydrogen-bond acceptors (Lipinski definition) is 0. The van der Waals surface area contributed by atoms with Gasteiger partial charge in [0.25, 0.3) is 0 Å². The first-order chi connectivity index (χ1) is 39.9. The summed E-state index contributed by atoms with van der Waals surface area (Å²) in [6.45, 7) is 37.4. The smallest absolute Gasteiger partial charge is 0.0965 e. The summed E-state index contributed by atoms with van der Waals surface area (Å²) in [5.74, 6) is 0. The Morgan fingerprint density at radius 2 is 0.232 bits per heavy atom. The predicted octanol–water partition coefficient (Wildman–Crippen LogP) is 18.2. The molecule has 0 bridgehead atoms. The first-order valence-electron chi connectivity index (χ1n) is 32.3. The summed E-state index contributed by atoms with van der Waals surface area (Å²) in [6.07, 6.45) is 55.2. The molecular formula is C74H96N8. The summed E-state index contributed by atoms with van der Waals surface area (Å²) >= 11 is 0. The van der Waals surface area contributed by atoms with Crippen LogP contribution >= 0.6 is 0 Å².